The van der Waals surface area contributed by atoms with E-state index in [4.69, 9.17) is 5.11 Å². The Morgan fingerprint density at radius 2 is 2.05 bits per heavy atom. The summed E-state index contributed by atoms with van der Waals surface area (Å²) >= 11 is 0. The number of hydrogen-bond donors (Lipinski definition) is 3. The van der Waals surface area contributed by atoms with Crippen LogP contribution in [-0.4, -0.2) is 41.8 Å². The zero-order valence-electron chi connectivity index (χ0n) is 11.7. The normalized spacial score (nSPS) is 13.7. The van der Waals surface area contributed by atoms with Crippen LogP contribution in [0.4, 0.5) is 0 Å². The van der Waals surface area contributed by atoms with Crippen molar-refractivity contribution in [2.24, 2.45) is 5.92 Å². The molecule has 0 saturated heterocycles. The van der Waals surface area contributed by atoms with Gasteiger partial charge in [-0.25, -0.2) is 17.9 Å². The van der Waals surface area contributed by atoms with Crippen LogP contribution in [0.3, 0.4) is 0 Å². The van der Waals surface area contributed by atoms with E-state index in [9.17, 15) is 18.3 Å². The first-order chi connectivity index (χ1) is 9.22. The van der Waals surface area contributed by atoms with Crippen molar-refractivity contribution in [1.82, 2.24) is 9.29 Å². The molecule has 7 nitrogen and oxygen atoms in total. The molecular formula is C12H20N2O5S. The minimum absolute atomic E-state index is 0.0815. The predicted octanol–water partition coefficient (Wildman–Crippen LogP) is 0.501. The van der Waals surface area contributed by atoms with E-state index in [1.807, 2.05) is 0 Å². The van der Waals surface area contributed by atoms with Gasteiger partial charge >= 0.3 is 5.97 Å². The van der Waals surface area contributed by atoms with Gasteiger partial charge < -0.3 is 14.8 Å². The lowest BCUT2D eigenvalue weighted by Crippen LogP contribution is -2.40. The Bertz CT molecular complexity index is 577. The number of rotatable bonds is 7. The number of sulfonamides is 1. The number of carboxylic acid groups (broad SMARTS) is 1. The largest absolute Gasteiger partial charge is 0.477 e. The Morgan fingerprint density at radius 1 is 1.45 bits per heavy atom. The van der Waals surface area contributed by atoms with Gasteiger partial charge in [0.05, 0.1) is 6.61 Å². The molecule has 1 aromatic rings. The summed E-state index contributed by atoms with van der Waals surface area (Å²) in [6.07, 6.45) is 1.28. The van der Waals surface area contributed by atoms with Crippen molar-refractivity contribution in [1.29, 1.82) is 0 Å². The first-order valence-electron chi connectivity index (χ1n) is 6.29. The summed E-state index contributed by atoms with van der Waals surface area (Å²) in [7, 11) is -3.86. The number of nitrogens with zero attached hydrogens (tertiary/aromatic N) is 1. The second-order valence-electron chi connectivity index (χ2n) is 4.81. The van der Waals surface area contributed by atoms with Crippen LogP contribution in [0.5, 0.6) is 0 Å². The predicted molar refractivity (Wildman–Crippen MR) is 73.1 cm³/mol. The van der Waals surface area contributed by atoms with E-state index in [0.717, 1.165) is 6.07 Å². The van der Waals surface area contributed by atoms with Crippen LogP contribution in [0.25, 0.3) is 0 Å². The highest BCUT2D eigenvalue weighted by atomic mass is 32.2. The van der Waals surface area contributed by atoms with Crippen molar-refractivity contribution in [2.75, 3.05) is 6.61 Å². The quantitative estimate of drug-likeness (QED) is 0.680. The molecule has 0 radical (unpaired) electrons. The lowest BCUT2D eigenvalue weighted by atomic mass is 10.1. The van der Waals surface area contributed by atoms with Crippen LogP contribution in [0.1, 0.15) is 31.3 Å². The third-order valence-electron chi connectivity index (χ3n) is 3.05. The van der Waals surface area contributed by atoms with Crippen LogP contribution >= 0.6 is 0 Å². The smallest absolute Gasteiger partial charge is 0.352 e. The van der Waals surface area contributed by atoms with Crippen LogP contribution in [0.2, 0.25) is 0 Å². The number of aliphatic hydroxyl groups excluding tert-OH is 1. The number of carbonyl (C=O) groups is 1. The van der Waals surface area contributed by atoms with Crippen LogP contribution in [-0.2, 0) is 16.6 Å². The van der Waals surface area contributed by atoms with Gasteiger partial charge in [-0.3, -0.25) is 0 Å². The lowest BCUT2D eigenvalue weighted by Gasteiger charge is -2.19. The Labute approximate surface area is 118 Å². The molecule has 20 heavy (non-hydrogen) atoms. The van der Waals surface area contributed by atoms with Gasteiger partial charge in [-0.05, 0) is 18.9 Å². The van der Waals surface area contributed by atoms with E-state index in [2.05, 4.69) is 4.72 Å². The molecule has 0 aromatic carbocycles. The van der Waals surface area contributed by atoms with E-state index >= 15 is 0 Å². The molecule has 1 aromatic heterocycles. The maximum Gasteiger partial charge on any atom is 0.352 e. The van der Waals surface area contributed by atoms with Gasteiger partial charge in [-0.15, -0.1) is 0 Å². The number of carboxylic acids is 1. The minimum atomic E-state index is -3.86. The molecule has 0 spiro atoms. The Kier molecular flexibility index (Phi) is 5.32. The Balaban J connectivity index is 3.13. The van der Waals surface area contributed by atoms with Gasteiger partial charge in [-0.1, -0.05) is 13.8 Å². The molecule has 0 bridgehead atoms. The van der Waals surface area contributed by atoms with E-state index in [-0.39, 0.29) is 23.1 Å². The highest BCUT2D eigenvalue weighted by molar-refractivity contribution is 7.89. The van der Waals surface area contributed by atoms with Crippen molar-refractivity contribution >= 4 is 16.0 Å². The minimum Gasteiger partial charge on any atom is -0.477 e. The van der Waals surface area contributed by atoms with Crippen LogP contribution < -0.4 is 4.72 Å². The standard InChI is InChI=1S/C12H20N2O5S/c1-4-14-6-9(5-11(14)12(16)17)20(18,19)13-10(7-15)8(2)3/h5-6,8,10,13,15H,4,7H2,1-3H3,(H,16,17)/t10-/m1/s1. The molecule has 3 N–H and O–H groups in total. The topological polar surface area (TPSA) is 109 Å². The SMILES string of the molecule is CCn1cc(S(=O)(=O)N[C@H](CO)C(C)C)cc1C(=O)O. The molecule has 0 aliphatic heterocycles. The van der Waals surface area contributed by atoms with Gasteiger partial charge in [0.25, 0.3) is 0 Å². The maximum atomic E-state index is 12.2. The van der Waals surface area contributed by atoms with Gasteiger partial charge in [-0.2, -0.15) is 0 Å². The van der Waals surface area contributed by atoms with Gasteiger partial charge in [0.1, 0.15) is 10.6 Å². The second-order valence-corrected chi connectivity index (χ2v) is 6.52. The Hall–Kier alpha value is -1.38. The van der Waals surface area contributed by atoms with E-state index < -0.39 is 22.0 Å². The third-order valence-corrected chi connectivity index (χ3v) is 4.51. The fourth-order valence-electron chi connectivity index (χ4n) is 1.72. The average molecular weight is 304 g/mol. The molecule has 0 unspecified atom stereocenters. The lowest BCUT2D eigenvalue weighted by molar-refractivity contribution is 0.0685. The van der Waals surface area contributed by atoms with Crippen LogP contribution in [0.15, 0.2) is 17.2 Å². The first-order valence-corrected chi connectivity index (χ1v) is 7.77. The highest BCUT2D eigenvalue weighted by Gasteiger charge is 2.25. The summed E-state index contributed by atoms with van der Waals surface area (Å²) < 4.78 is 28.1. The van der Waals surface area contributed by atoms with Crippen LogP contribution in [0, 0.1) is 5.92 Å². The number of aromatic carboxylic acids is 1. The van der Waals surface area contributed by atoms with Crippen molar-refractivity contribution in [3.63, 3.8) is 0 Å². The number of aliphatic hydroxyl groups is 1. The summed E-state index contributed by atoms with van der Waals surface area (Å²) in [6.45, 7) is 5.31. The fraction of sp³-hybridized carbons (Fsp3) is 0.583. The summed E-state index contributed by atoms with van der Waals surface area (Å²) in [4.78, 5) is 10.9. The molecule has 1 atom stereocenters. The summed E-state index contributed by atoms with van der Waals surface area (Å²) in [6, 6.07) is 0.501. The molecule has 114 valence electrons. The average Bonchev–Trinajstić information content (AvgIpc) is 2.80. The van der Waals surface area contributed by atoms with E-state index in [1.165, 1.54) is 10.8 Å². The molecule has 0 fully saturated rings. The molecule has 1 heterocycles. The summed E-state index contributed by atoms with van der Waals surface area (Å²) in [5.41, 5.74) is -0.0852. The summed E-state index contributed by atoms with van der Waals surface area (Å²) in [5, 5.41) is 18.2. The monoisotopic (exact) mass is 304 g/mol. The zero-order chi connectivity index (χ0) is 15.5. The molecule has 0 amide bonds. The number of aromatic nitrogens is 1. The highest BCUT2D eigenvalue weighted by Crippen LogP contribution is 2.16. The van der Waals surface area contributed by atoms with Crippen molar-refractivity contribution in [3.05, 3.63) is 18.0 Å². The zero-order valence-corrected chi connectivity index (χ0v) is 12.5. The number of aryl methyl sites for hydroxylation is 1. The van der Waals surface area contributed by atoms with Gasteiger partial charge in [0.15, 0.2) is 0 Å². The number of hydrogen-bond acceptors (Lipinski definition) is 4. The van der Waals surface area contributed by atoms with Gasteiger partial charge in [0.2, 0.25) is 10.0 Å². The molecule has 0 saturated carbocycles. The maximum absolute atomic E-state index is 12.2. The second kappa shape index (κ2) is 6.38. The van der Waals surface area contributed by atoms with Crippen molar-refractivity contribution in [2.45, 2.75) is 38.3 Å². The summed E-state index contributed by atoms with van der Waals surface area (Å²) in [5.74, 6) is -1.27. The first kappa shape index (κ1) is 16.7. The molecule has 8 heteroatoms. The van der Waals surface area contributed by atoms with Gasteiger partial charge in [0, 0.05) is 18.8 Å². The molecule has 0 aliphatic rings. The van der Waals surface area contributed by atoms with E-state index in [1.54, 1.807) is 20.8 Å². The van der Waals surface area contributed by atoms with E-state index in [0.29, 0.717) is 6.54 Å². The molecule has 0 aliphatic carbocycles. The fourth-order valence-corrected chi connectivity index (χ4v) is 3.14. The number of nitrogens with one attached hydrogen (secondary N) is 1. The van der Waals surface area contributed by atoms with Crippen molar-refractivity contribution in [3.8, 4) is 0 Å². The molecule has 1 rings (SSSR count). The molecular weight excluding hydrogens is 284 g/mol. The third kappa shape index (κ3) is 3.59. The van der Waals surface area contributed by atoms with Crippen molar-refractivity contribution < 1.29 is 23.4 Å². The Morgan fingerprint density at radius 3 is 2.40 bits per heavy atom.